The summed E-state index contributed by atoms with van der Waals surface area (Å²) < 4.78 is 11.4. The molecule has 7 heteroatoms. The van der Waals surface area contributed by atoms with Crippen molar-refractivity contribution in [3.63, 3.8) is 0 Å². The van der Waals surface area contributed by atoms with Crippen molar-refractivity contribution in [3.05, 3.63) is 71.4 Å². The van der Waals surface area contributed by atoms with Crippen LogP contribution in [0.15, 0.2) is 54.7 Å². The maximum Gasteiger partial charge on any atom is 0.232 e. The maximum absolute atomic E-state index is 12.7. The molecule has 2 unspecified atom stereocenters. The number of nitrogens with one attached hydrogen (secondary N) is 2. The van der Waals surface area contributed by atoms with E-state index >= 15 is 0 Å². The largest absolute Gasteiger partial charge is 0.497 e. The van der Waals surface area contributed by atoms with E-state index in [4.69, 9.17) is 9.47 Å². The van der Waals surface area contributed by atoms with Gasteiger partial charge in [0, 0.05) is 36.4 Å². The minimum atomic E-state index is -0.508. The average molecular weight is 444 g/mol. The Morgan fingerprint density at radius 2 is 2.12 bits per heavy atom. The van der Waals surface area contributed by atoms with Gasteiger partial charge in [-0.1, -0.05) is 24.3 Å². The highest BCUT2D eigenvalue weighted by Crippen LogP contribution is 2.39. The molecule has 2 aromatic carbocycles. The predicted octanol–water partition coefficient (Wildman–Crippen LogP) is 3.61. The zero-order valence-corrected chi connectivity index (χ0v) is 18.6. The number of anilines is 1. The first-order chi connectivity index (χ1) is 16.0. The first-order valence-electron chi connectivity index (χ1n) is 11.0. The number of para-hydroxylation sites is 1. The number of nitrogens with zero attached hydrogens (tertiary/aromatic N) is 1. The highest BCUT2D eigenvalue weighted by atomic mass is 16.5. The number of benzene rings is 2. The van der Waals surface area contributed by atoms with Crippen molar-refractivity contribution in [1.29, 1.82) is 0 Å². The molecule has 3 heterocycles. The number of carbonyl (C=O) groups is 2. The van der Waals surface area contributed by atoms with Gasteiger partial charge < -0.3 is 20.1 Å². The molecule has 33 heavy (non-hydrogen) atoms. The minimum absolute atomic E-state index is 0.0865. The molecule has 3 aromatic rings. The van der Waals surface area contributed by atoms with E-state index < -0.39 is 5.92 Å². The monoisotopic (exact) mass is 443 g/mol. The molecule has 1 aromatic heterocycles. The smallest absolute Gasteiger partial charge is 0.232 e. The lowest BCUT2D eigenvalue weighted by Gasteiger charge is -2.15. The molecule has 0 fully saturated rings. The molecule has 0 spiro atoms. The van der Waals surface area contributed by atoms with Gasteiger partial charge in [0.15, 0.2) is 0 Å². The topological polar surface area (TPSA) is 89.5 Å². The van der Waals surface area contributed by atoms with Crippen molar-refractivity contribution >= 4 is 17.5 Å². The second kappa shape index (κ2) is 8.58. The molecule has 2 aliphatic heterocycles. The molecule has 2 aliphatic rings. The van der Waals surface area contributed by atoms with Crippen LogP contribution in [0.5, 0.6) is 11.5 Å². The van der Waals surface area contributed by atoms with E-state index in [0.717, 1.165) is 33.7 Å². The number of hydrogen-bond donors (Lipinski definition) is 2. The third-order valence-corrected chi connectivity index (χ3v) is 6.22. The van der Waals surface area contributed by atoms with Crippen LogP contribution < -0.4 is 20.1 Å². The maximum atomic E-state index is 12.7. The number of hydrogen-bond acceptors (Lipinski definition) is 5. The van der Waals surface area contributed by atoms with Gasteiger partial charge in [-0.15, -0.1) is 0 Å². The van der Waals surface area contributed by atoms with E-state index in [9.17, 15) is 9.59 Å². The second-order valence-electron chi connectivity index (χ2n) is 8.41. The van der Waals surface area contributed by atoms with Crippen molar-refractivity contribution in [1.82, 2.24) is 10.3 Å². The Morgan fingerprint density at radius 3 is 2.94 bits per heavy atom. The lowest BCUT2D eigenvalue weighted by molar-refractivity contribution is -0.125. The van der Waals surface area contributed by atoms with E-state index in [0.29, 0.717) is 24.4 Å². The fraction of sp³-hybridized carbons (Fsp3) is 0.269. The standard InChI is InChI=1S/C26H25N3O4/c1-15-5-4-10-27-24(15)20-7-3-6-16-11-18(33-25(16)20)14-28-23(30)13-21-19-9-8-17(32-2)12-22(19)29-26(21)31/h3-10,12,18,21H,11,13-14H2,1-2H3,(H,28,30)(H,29,31). The summed E-state index contributed by atoms with van der Waals surface area (Å²) in [5.41, 5.74) is 5.57. The summed E-state index contributed by atoms with van der Waals surface area (Å²) >= 11 is 0. The number of amides is 2. The Hall–Kier alpha value is -3.87. The lowest BCUT2D eigenvalue weighted by Crippen LogP contribution is -2.35. The van der Waals surface area contributed by atoms with E-state index in [1.807, 2.05) is 43.3 Å². The SMILES string of the molecule is COc1ccc2c(c1)NC(=O)C2CC(=O)NCC1Cc2cccc(-c3ncccc3C)c2O1. The van der Waals surface area contributed by atoms with Gasteiger partial charge in [0.1, 0.15) is 17.6 Å². The number of carbonyl (C=O) groups excluding carboxylic acids is 2. The van der Waals surface area contributed by atoms with E-state index in [1.54, 1.807) is 25.4 Å². The summed E-state index contributed by atoms with van der Waals surface area (Å²) in [7, 11) is 1.58. The van der Waals surface area contributed by atoms with Gasteiger partial charge in [-0.3, -0.25) is 14.6 Å². The van der Waals surface area contributed by atoms with Crippen LogP contribution in [0.2, 0.25) is 0 Å². The summed E-state index contributed by atoms with van der Waals surface area (Å²) in [5, 5.41) is 5.78. The molecular weight excluding hydrogens is 418 g/mol. The molecule has 0 bridgehead atoms. The summed E-state index contributed by atoms with van der Waals surface area (Å²) in [6.07, 6.45) is 2.41. The molecule has 7 nitrogen and oxygen atoms in total. The summed E-state index contributed by atoms with van der Waals surface area (Å²) in [4.78, 5) is 29.6. The first kappa shape index (κ1) is 21.0. The van der Waals surface area contributed by atoms with Crippen LogP contribution in [0.25, 0.3) is 11.3 Å². The normalized spacial score (nSPS) is 18.2. The van der Waals surface area contributed by atoms with Gasteiger partial charge in [0.05, 0.1) is 25.3 Å². The van der Waals surface area contributed by atoms with Gasteiger partial charge >= 0.3 is 0 Å². The number of fused-ring (bicyclic) bond motifs is 2. The van der Waals surface area contributed by atoms with Gasteiger partial charge in [0.2, 0.25) is 11.8 Å². The quantitative estimate of drug-likeness (QED) is 0.608. The number of pyridine rings is 1. The summed E-state index contributed by atoms with van der Waals surface area (Å²) in [5.74, 6) is 0.632. The number of aryl methyl sites for hydroxylation is 1. The van der Waals surface area contributed by atoms with Crippen molar-refractivity contribution in [3.8, 4) is 22.8 Å². The molecular formula is C26H25N3O4. The Bertz CT molecular complexity index is 1240. The Labute approximate surface area is 192 Å². The molecule has 0 saturated carbocycles. The predicted molar refractivity (Wildman–Crippen MR) is 125 cm³/mol. The first-order valence-corrected chi connectivity index (χ1v) is 11.0. The van der Waals surface area contributed by atoms with E-state index in [-0.39, 0.29) is 24.3 Å². The van der Waals surface area contributed by atoms with Gasteiger partial charge in [0.25, 0.3) is 0 Å². The minimum Gasteiger partial charge on any atom is -0.497 e. The zero-order valence-electron chi connectivity index (χ0n) is 18.6. The van der Waals surface area contributed by atoms with Crippen LogP contribution in [0.3, 0.4) is 0 Å². The van der Waals surface area contributed by atoms with Crippen LogP contribution in [0.1, 0.15) is 29.0 Å². The summed E-state index contributed by atoms with van der Waals surface area (Å²) in [6, 6.07) is 15.4. The van der Waals surface area contributed by atoms with Gasteiger partial charge in [-0.2, -0.15) is 0 Å². The average Bonchev–Trinajstić information content (AvgIpc) is 3.38. The summed E-state index contributed by atoms with van der Waals surface area (Å²) in [6.45, 7) is 2.40. The molecule has 168 valence electrons. The van der Waals surface area contributed by atoms with Crippen molar-refractivity contribution in [2.75, 3.05) is 19.0 Å². The van der Waals surface area contributed by atoms with E-state index in [2.05, 4.69) is 15.6 Å². The Morgan fingerprint density at radius 1 is 1.24 bits per heavy atom. The fourth-order valence-corrected chi connectivity index (χ4v) is 4.53. The number of aromatic nitrogens is 1. The number of ether oxygens (including phenoxy) is 2. The van der Waals surface area contributed by atoms with Gasteiger partial charge in [-0.25, -0.2) is 0 Å². The molecule has 0 aliphatic carbocycles. The highest BCUT2D eigenvalue weighted by molar-refractivity contribution is 6.05. The van der Waals surface area contributed by atoms with Gasteiger partial charge in [-0.05, 0) is 41.8 Å². The molecule has 5 rings (SSSR count). The van der Waals surface area contributed by atoms with Crippen LogP contribution in [-0.4, -0.2) is 36.6 Å². The van der Waals surface area contributed by atoms with Crippen molar-refractivity contribution in [2.24, 2.45) is 0 Å². The number of rotatable bonds is 6. The van der Waals surface area contributed by atoms with Crippen LogP contribution in [-0.2, 0) is 16.0 Å². The van der Waals surface area contributed by atoms with E-state index in [1.165, 1.54) is 0 Å². The number of methoxy groups -OCH3 is 1. The van der Waals surface area contributed by atoms with Crippen LogP contribution in [0, 0.1) is 6.92 Å². The lowest BCUT2D eigenvalue weighted by atomic mass is 9.96. The molecule has 0 radical (unpaired) electrons. The third kappa shape index (κ3) is 4.02. The highest BCUT2D eigenvalue weighted by Gasteiger charge is 2.33. The Kier molecular flexibility index (Phi) is 5.46. The zero-order chi connectivity index (χ0) is 22.9. The molecule has 2 N–H and O–H groups in total. The molecule has 2 atom stereocenters. The van der Waals surface area contributed by atoms with Crippen LogP contribution in [0.4, 0.5) is 5.69 Å². The third-order valence-electron chi connectivity index (χ3n) is 6.22. The molecule has 2 amide bonds. The van der Waals surface area contributed by atoms with Crippen molar-refractivity contribution < 1.29 is 19.1 Å². The van der Waals surface area contributed by atoms with Crippen LogP contribution >= 0.6 is 0 Å². The van der Waals surface area contributed by atoms with Crippen molar-refractivity contribution in [2.45, 2.75) is 31.8 Å². The molecule has 0 saturated heterocycles. The second-order valence-corrected chi connectivity index (χ2v) is 8.41. The Balaban J connectivity index is 1.22. The fourth-order valence-electron chi connectivity index (χ4n) is 4.53.